The lowest BCUT2D eigenvalue weighted by Crippen LogP contribution is -2.40. The summed E-state index contributed by atoms with van der Waals surface area (Å²) >= 11 is 11.1. The van der Waals surface area contributed by atoms with Crippen LogP contribution in [0.25, 0.3) is 0 Å². The lowest BCUT2D eigenvalue weighted by Gasteiger charge is -2.26. The predicted molar refractivity (Wildman–Crippen MR) is 109 cm³/mol. The van der Waals surface area contributed by atoms with Gasteiger partial charge >= 0.3 is 0 Å². The number of nitrogens with zero attached hydrogens (tertiary/aromatic N) is 2. The molecule has 1 amide bonds. The van der Waals surface area contributed by atoms with Crippen LogP contribution >= 0.6 is 38.9 Å². The first-order valence-corrected chi connectivity index (χ1v) is 11.6. The minimum absolute atomic E-state index is 0.0596. The number of rotatable bonds is 5. The number of carbonyl (C=O) groups is 1. The van der Waals surface area contributed by atoms with E-state index < -0.39 is 10.0 Å². The van der Waals surface area contributed by atoms with Crippen molar-refractivity contribution in [1.82, 2.24) is 9.21 Å². The van der Waals surface area contributed by atoms with E-state index in [1.807, 2.05) is 11.4 Å². The molecule has 1 saturated heterocycles. The van der Waals surface area contributed by atoms with Crippen LogP contribution in [-0.4, -0.2) is 56.9 Å². The molecule has 27 heavy (non-hydrogen) atoms. The van der Waals surface area contributed by atoms with Gasteiger partial charge in [-0.3, -0.25) is 4.79 Å². The number of hydrogen-bond donors (Lipinski definition) is 0. The molecule has 2 aromatic rings. The van der Waals surface area contributed by atoms with Crippen molar-refractivity contribution in [2.75, 3.05) is 33.4 Å². The molecular weight excluding hydrogens is 476 g/mol. The van der Waals surface area contributed by atoms with Gasteiger partial charge in [-0.2, -0.15) is 4.31 Å². The number of sulfonamides is 1. The number of thiophene rings is 1. The first-order chi connectivity index (χ1) is 12.8. The highest BCUT2D eigenvalue weighted by atomic mass is 79.9. The molecule has 0 atom stereocenters. The molecule has 0 radical (unpaired) electrons. The summed E-state index contributed by atoms with van der Waals surface area (Å²) < 4.78 is 33.2. The molecule has 1 aromatic heterocycles. The molecular formula is C17H18BrClN2O4S2. The maximum atomic E-state index is 12.8. The van der Waals surface area contributed by atoms with Crippen LogP contribution in [0.1, 0.15) is 15.2 Å². The number of ether oxygens (including phenoxy) is 1. The second-order valence-electron chi connectivity index (χ2n) is 6.05. The number of carbonyl (C=O) groups excluding carboxylic acids is 1. The zero-order chi connectivity index (χ0) is 19.6. The van der Waals surface area contributed by atoms with Crippen molar-refractivity contribution in [3.63, 3.8) is 0 Å². The van der Waals surface area contributed by atoms with Gasteiger partial charge in [-0.15, -0.1) is 11.3 Å². The Bertz CT molecular complexity index is 942. The standard InChI is InChI=1S/C17H18BrClN2O4S2/c1-20(10-13-8-12(18)11-26-13)17(22)15-9-14(2-3-16(15)19)27(23,24)21-4-6-25-7-5-21/h2-3,8-9,11H,4-7,10H2,1H3. The van der Waals surface area contributed by atoms with Crippen molar-refractivity contribution in [2.45, 2.75) is 11.4 Å². The minimum Gasteiger partial charge on any atom is -0.379 e. The summed E-state index contributed by atoms with van der Waals surface area (Å²) in [5, 5.41) is 2.16. The van der Waals surface area contributed by atoms with E-state index in [2.05, 4.69) is 15.9 Å². The third-order valence-corrected chi connectivity index (χ3v) is 8.04. The van der Waals surface area contributed by atoms with Gasteiger partial charge < -0.3 is 9.64 Å². The highest BCUT2D eigenvalue weighted by molar-refractivity contribution is 9.10. The Balaban J connectivity index is 1.85. The summed E-state index contributed by atoms with van der Waals surface area (Å²) in [6.45, 7) is 1.71. The van der Waals surface area contributed by atoms with Crippen LogP contribution < -0.4 is 0 Å². The quantitative estimate of drug-likeness (QED) is 0.640. The van der Waals surface area contributed by atoms with E-state index >= 15 is 0 Å². The van der Waals surface area contributed by atoms with Crippen LogP contribution in [0.3, 0.4) is 0 Å². The van der Waals surface area contributed by atoms with E-state index in [1.165, 1.54) is 38.7 Å². The third-order valence-electron chi connectivity index (χ3n) is 4.14. The SMILES string of the molecule is CN(Cc1cc(Br)cs1)C(=O)c1cc(S(=O)(=O)N2CCOCC2)ccc1Cl. The molecule has 10 heteroatoms. The molecule has 0 aliphatic carbocycles. The second kappa shape index (κ2) is 8.59. The fraction of sp³-hybridized carbons (Fsp3) is 0.353. The molecule has 0 saturated carbocycles. The molecule has 146 valence electrons. The molecule has 2 heterocycles. The maximum Gasteiger partial charge on any atom is 0.255 e. The number of morpholine rings is 1. The third kappa shape index (κ3) is 4.72. The Labute approximate surface area is 175 Å². The zero-order valence-corrected chi connectivity index (χ0v) is 18.5. The van der Waals surface area contributed by atoms with Crippen LogP contribution in [0.15, 0.2) is 39.0 Å². The van der Waals surface area contributed by atoms with Gasteiger partial charge in [-0.1, -0.05) is 11.6 Å². The fourth-order valence-electron chi connectivity index (χ4n) is 2.71. The Hall–Kier alpha value is -0.970. The minimum atomic E-state index is -3.70. The number of halogens is 2. The first kappa shape index (κ1) is 20.8. The molecule has 1 aliphatic heterocycles. The highest BCUT2D eigenvalue weighted by Crippen LogP contribution is 2.26. The summed E-state index contributed by atoms with van der Waals surface area (Å²) in [6.07, 6.45) is 0. The molecule has 0 spiro atoms. The van der Waals surface area contributed by atoms with E-state index in [-0.39, 0.29) is 21.4 Å². The average Bonchev–Trinajstić information content (AvgIpc) is 3.06. The Kier molecular flexibility index (Phi) is 6.60. The molecule has 1 fully saturated rings. The van der Waals surface area contributed by atoms with Crippen molar-refractivity contribution in [2.24, 2.45) is 0 Å². The van der Waals surface area contributed by atoms with E-state index in [4.69, 9.17) is 16.3 Å². The van der Waals surface area contributed by atoms with Crippen molar-refractivity contribution in [1.29, 1.82) is 0 Å². The number of benzene rings is 1. The molecule has 6 nitrogen and oxygen atoms in total. The van der Waals surface area contributed by atoms with Crippen LogP contribution in [0.4, 0.5) is 0 Å². The average molecular weight is 494 g/mol. The molecule has 3 rings (SSSR count). The predicted octanol–water partition coefficient (Wildman–Crippen LogP) is 3.46. The van der Waals surface area contributed by atoms with Gasteiger partial charge in [0.2, 0.25) is 10.0 Å². The van der Waals surface area contributed by atoms with Crippen LogP contribution in [-0.2, 0) is 21.3 Å². The van der Waals surface area contributed by atoms with Crippen LogP contribution in [0.5, 0.6) is 0 Å². The van der Waals surface area contributed by atoms with Crippen molar-refractivity contribution in [3.8, 4) is 0 Å². The Morgan fingerprint density at radius 1 is 1.33 bits per heavy atom. The summed E-state index contributed by atoms with van der Waals surface area (Å²) in [5.74, 6) is -0.330. The van der Waals surface area contributed by atoms with Gasteiger partial charge in [-0.05, 0) is 40.2 Å². The smallest absolute Gasteiger partial charge is 0.255 e. The summed E-state index contributed by atoms with van der Waals surface area (Å²) in [5.41, 5.74) is 0.170. The fourth-order valence-corrected chi connectivity index (χ4v) is 5.85. The Morgan fingerprint density at radius 3 is 2.67 bits per heavy atom. The largest absolute Gasteiger partial charge is 0.379 e. The topological polar surface area (TPSA) is 66.9 Å². The number of amides is 1. The van der Waals surface area contributed by atoms with Gasteiger partial charge in [0.25, 0.3) is 5.91 Å². The molecule has 1 aromatic carbocycles. The van der Waals surface area contributed by atoms with Crippen molar-refractivity contribution in [3.05, 3.63) is 49.6 Å². The van der Waals surface area contributed by atoms with E-state index in [0.29, 0.717) is 32.8 Å². The molecule has 0 unspecified atom stereocenters. The van der Waals surface area contributed by atoms with Crippen molar-refractivity contribution >= 4 is 54.8 Å². The summed E-state index contributed by atoms with van der Waals surface area (Å²) in [7, 11) is -2.03. The van der Waals surface area contributed by atoms with Crippen LogP contribution in [0.2, 0.25) is 5.02 Å². The lowest BCUT2D eigenvalue weighted by molar-refractivity contribution is 0.0730. The first-order valence-electron chi connectivity index (χ1n) is 8.15. The lowest BCUT2D eigenvalue weighted by atomic mass is 10.2. The maximum absolute atomic E-state index is 12.8. The highest BCUT2D eigenvalue weighted by Gasteiger charge is 2.28. The van der Waals surface area contributed by atoms with Gasteiger partial charge in [0.15, 0.2) is 0 Å². The van der Waals surface area contributed by atoms with Gasteiger partial charge in [0, 0.05) is 34.9 Å². The van der Waals surface area contributed by atoms with Gasteiger partial charge in [-0.25, -0.2) is 8.42 Å². The van der Waals surface area contributed by atoms with Gasteiger partial charge in [0.1, 0.15) is 0 Å². The summed E-state index contributed by atoms with van der Waals surface area (Å²) in [4.78, 5) is 15.4. The summed E-state index contributed by atoms with van der Waals surface area (Å²) in [6, 6.07) is 6.18. The molecule has 1 aliphatic rings. The zero-order valence-electron chi connectivity index (χ0n) is 14.5. The van der Waals surface area contributed by atoms with Gasteiger partial charge in [0.05, 0.1) is 35.2 Å². The molecule has 0 N–H and O–H groups in total. The Morgan fingerprint density at radius 2 is 2.04 bits per heavy atom. The van der Waals surface area contributed by atoms with Crippen molar-refractivity contribution < 1.29 is 17.9 Å². The van der Waals surface area contributed by atoms with E-state index in [0.717, 1.165) is 9.35 Å². The second-order valence-corrected chi connectivity index (χ2v) is 10.3. The molecule has 0 bridgehead atoms. The monoisotopic (exact) mass is 492 g/mol. The van der Waals surface area contributed by atoms with E-state index in [1.54, 1.807) is 7.05 Å². The normalized spacial score (nSPS) is 15.7. The van der Waals surface area contributed by atoms with E-state index in [9.17, 15) is 13.2 Å². The van der Waals surface area contributed by atoms with Crippen LogP contribution in [0, 0.1) is 0 Å². The number of hydrogen-bond acceptors (Lipinski definition) is 5.